The number of hydrogen-bond donors (Lipinski definition) is 3. The number of aliphatic carboxylic acids is 1. The van der Waals surface area contributed by atoms with Crippen LogP contribution in [0.4, 0.5) is 0 Å². The van der Waals surface area contributed by atoms with Crippen LogP contribution in [0.25, 0.3) is 0 Å². The van der Waals surface area contributed by atoms with Crippen LogP contribution in [0.2, 0.25) is 0 Å². The van der Waals surface area contributed by atoms with Gasteiger partial charge >= 0.3 is 5.97 Å². The molecule has 0 saturated heterocycles. The van der Waals surface area contributed by atoms with Gasteiger partial charge in [0.05, 0.1) is 6.42 Å². The summed E-state index contributed by atoms with van der Waals surface area (Å²) in [5.41, 5.74) is 0. The van der Waals surface area contributed by atoms with E-state index in [9.17, 15) is 4.79 Å². The molecule has 0 aliphatic heterocycles. The predicted octanol–water partition coefficient (Wildman–Crippen LogP) is 1.09. The number of carboxylic acid groups (broad SMARTS) is 1. The molecular weight excluding hydrogens is 226 g/mol. The van der Waals surface area contributed by atoms with Crippen LogP contribution in [0.5, 0.6) is 0 Å². The number of nitrogens with one attached hydrogen (secondary N) is 1. The second-order valence-corrected chi connectivity index (χ2v) is 5.11. The van der Waals surface area contributed by atoms with Gasteiger partial charge in [-0.25, -0.2) is 0 Å². The van der Waals surface area contributed by atoms with Gasteiger partial charge in [0.25, 0.3) is 0 Å². The topological polar surface area (TPSA) is 69.6 Å². The molecule has 1 heterocycles. The van der Waals surface area contributed by atoms with Crippen LogP contribution in [0.3, 0.4) is 0 Å². The Hall–Kier alpha value is -0.910. The fourth-order valence-electron chi connectivity index (χ4n) is 1.27. The number of hydrogen-bond acceptors (Lipinski definition) is 4. The van der Waals surface area contributed by atoms with Crippen molar-refractivity contribution in [1.29, 1.82) is 0 Å². The van der Waals surface area contributed by atoms with Gasteiger partial charge in [-0.1, -0.05) is 6.92 Å². The van der Waals surface area contributed by atoms with Crippen molar-refractivity contribution in [2.45, 2.75) is 19.9 Å². The molecule has 0 aliphatic carbocycles. The highest BCUT2D eigenvalue weighted by molar-refractivity contribution is 7.12. The Morgan fingerprint density at radius 1 is 1.50 bits per heavy atom. The van der Waals surface area contributed by atoms with Crippen molar-refractivity contribution in [2.24, 2.45) is 5.92 Å². The highest BCUT2D eigenvalue weighted by Crippen LogP contribution is 2.16. The third kappa shape index (κ3) is 4.74. The first-order valence-electron chi connectivity index (χ1n) is 5.22. The number of carbonyl (C=O) groups is 1. The van der Waals surface area contributed by atoms with E-state index in [1.807, 2.05) is 19.1 Å². The third-order valence-electron chi connectivity index (χ3n) is 2.15. The molecule has 0 amide bonds. The molecule has 16 heavy (non-hydrogen) atoms. The van der Waals surface area contributed by atoms with Crippen molar-refractivity contribution >= 4 is 17.3 Å². The summed E-state index contributed by atoms with van der Waals surface area (Å²) in [6.45, 7) is 3.65. The summed E-state index contributed by atoms with van der Waals surface area (Å²) in [6.07, 6.45) is 0.0949. The maximum Gasteiger partial charge on any atom is 0.308 e. The van der Waals surface area contributed by atoms with E-state index in [2.05, 4.69) is 5.32 Å². The van der Waals surface area contributed by atoms with E-state index < -0.39 is 5.97 Å². The molecule has 1 rings (SSSR count). The Morgan fingerprint density at radius 2 is 2.19 bits per heavy atom. The zero-order chi connectivity index (χ0) is 12.0. The average Bonchev–Trinajstić information content (AvgIpc) is 2.64. The maximum atomic E-state index is 10.5. The summed E-state index contributed by atoms with van der Waals surface area (Å²) in [7, 11) is 0. The van der Waals surface area contributed by atoms with Crippen molar-refractivity contribution in [1.82, 2.24) is 5.32 Å². The Labute approximate surface area is 98.9 Å². The van der Waals surface area contributed by atoms with Crippen molar-refractivity contribution < 1.29 is 15.0 Å². The highest BCUT2D eigenvalue weighted by Gasteiger charge is 2.05. The highest BCUT2D eigenvalue weighted by atomic mass is 32.1. The third-order valence-corrected chi connectivity index (χ3v) is 3.23. The Balaban J connectivity index is 2.32. The minimum atomic E-state index is -0.796. The largest absolute Gasteiger partial charge is 0.481 e. The minimum absolute atomic E-state index is 0.0949. The standard InChI is InChI=1S/C11H17NO3S/c1-8(7-13)5-12-6-10-3-2-9(16-10)4-11(14)15/h2-3,8,12-13H,4-7H2,1H3,(H,14,15). The van der Waals surface area contributed by atoms with Crippen LogP contribution < -0.4 is 5.32 Å². The molecule has 3 N–H and O–H groups in total. The van der Waals surface area contributed by atoms with Gasteiger partial charge in [-0.2, -0.15) is 0 Å². The van der Waals surface area contributed by atoms with Gasteiger partial charge in [-0.15, -0.1) is 11.3 Å². The van der Waals surface area contributed by atoms with E-state index in [1.54, 1.807) is 0 Å². The average molecular weight is 243 g/mol. The molecule has 0 bridgehead atoms. The molecular formula is C11H17NO3S. The monoisotopic (exact) mass is 243 g/mol. The Morgan fingerprint density at radius 3 is 2.81 bits per heavy atom. The number of aliphatic hydroxyl groups is 1. The first-order valence-corrected chi connectivity index (χ1v) is 6.04. The second-order valence-electron chi connectivity index (χ2n) is 3.86. The van der Waals surface area contributed by atoms with Gasteiger partial charge in [0.15, 0.2) is 0 Å². The summed E-state index contributed by atoms with van der Waals surface area (Å²) in [5, 5.41) is 20.7. The number of aliphatic hydroxyl groups excluding tert-OH is 1. The second kappa shape index (κ2) is 6.62. The number of rotatable bonds is 7. The van der Waals surface area contributed by atoms with E-state index in [4.69, 9.17) is 10.2 Å². The molecule has 1 unspecified atom stereocenters. The van der Waals surface area contributed by atoms with E-state index in [0.717, 1.165) is 22.8 Å². The quantitative estimate of drug-likeness (QED) is 0.670. The van der Waals surface area contributed by atoms with E-state index in [1.165, 1.54) is 11.3 Å². The van der Waals surface area contributed by atoms with E-state index in [-0.39, 0.29) is 18.9 Å². The lowest BCUT2D eigenvalue weighted by Crippen LogP contribution is -2.22. The molecule has 0 spiro atoms. The smallest absolute Gasteiger partial charge is 0.308 e. The van der Waals surface area contributed by atoms with Crippen LogP contribution in [0.1, 0.15) is 16.7 Å². The van der Waals surface area contributed by atoms with Crippen LogP contribution in [-0.2, 0) is 17.8 Å². The summed E-state index contributed by atoms with van der Waals surface area (Å²) in [6, 6.07) is 3.80. The van der Waals surface area contributed by atoms with Gasteiger partial charge < -0.3 is 15.5 Å². The molecule has 0 aromatic carbocycles. The van der Waals surface area contributed by atoms with E-state index in [0.29, 0.717) is 0 Å². The lowest BCUT2D eigenvalue weighted by Gasteiger charge is -2.07. The summed E-state index contributed by atoms with van der Waals surface area (Å²) in [4.78, 5) is 12.5. The van der Waals surface area contributed by atoms with Gasteiger partial charge in [0, 0.05) is 29.5 Å². The van der Waals surface area contributed by atoms with Crippen molar-refractivity contribution in [3.8, 4) is 0 Å². The minimum Gasteiger partial charge on any atom is -0.481 e. The first-order chi connectivity index (χ1) is 7.61. The fraction of sp³-hybridized carbons (Fsp3) is 0.545. The van der Waals surface area contributed by atoms with Crippen molar-refractivity contribution in [3.63, 3.8) is 0 Å². The Bertz CT molecular complexity index is 338. The molecule has 0 saturated carbocycles. The Kier molecular flexibility index (Phi) is 5.45. The number of thiophene rings is 1. The maximum absolute atomic E-state index is 10.5. The van der Waals surface area contributed by atoms with Crippen molar-refractivity contribution in [2.75, 3.05) is 13.2 Å². The van der Waals surface area contributed by atoms with Crippen molar-refractivity contribution in [3.05, 3.63) is 21.9 Å². The molecule has 4 nitrogen and oxygen atoms in total. The first kappa shape index (κ1) is 13.2. The lowest BCUT2D eigenvalue weighted by atomic mass is 10.2. The zero-order valence-electron chi connectivity index (χ0n) is 9.27. The molecule has 0 radical (unpaired) electrons. The predicted molar refractivity (Wildman–Crippen MR) is 63.6 cm³/mol. The normalized spacial score (nSPS) is 12.6. The molecule has 1 atom stereocenters. The summed E-state index contributed by atoms with van der Waals surface area (Å²) >= 11 is 1.51. The van der Waals surface area contributed by atoms with Crippen LogP contribution in [0, 0.1) is 5.92 Å². The van der Waals surface area contributed by atoms with Gasteiger partial charge in [0.1, 0.15) is 0 Å². The van der Waals surface area contributed by atoms with E-state index >= 15 is 0 Å². The summed E-state index contributed by atoms with van der Waals surface area (Å²) < 4.78 is 0. The van der Waals surface area contributed by atoms with Gasteiger partial charge in [-0.05, 0) is 18.1 Å². The SMILES string of the molecule is CC(CO)CNCc1ccc(CC(=O)O)s1. The lowest BCUT2D eigenvalue weighted by molar-refractivity contribution is -0.136. The van der Waals surface area contributed by atoms with Crippen LogP contribution in [-0.4, -0.2) is 29.3 Å². The van der Waals surface area contributed by atoms with Gasteiger partial charge in [-0.3, -0.25) is 4.79 Å². The molecule has 1 aromatic heterocycles. The summed E-state index contributed by atoms with van der Waals surface area (Å²) in [5.74, 6) is -0.547. The van der Waals surface area contributed by atoms with Crippen LogP contribution in [0.15, 0.2) is 12.1 Å². The molecule has 5 heteroatoms. The molecule has 1 aromatic rings. The fourth-order valence-corrected chi connectivity index (χ4v) is 2.25. The molecule has 90 valence electrons. The molecule has 0 fully saturated rings. The molecule has 0 aliphatic rings. The number of carboxylic acids is 1. The zero-order valence-corrected chi connectivity index (χ0v) is 10.1. The van der Waals surface area contributed by atoms with Crippen LogP contribution >= 0.6 is 11.3 Å². The van der Waals surface area contributed by atoms with Gasteiger partial charge in [0.2, 0.25) is 0 Å².